The predicted molar refractivity (Wildman–Crippen MR) is 195 cm³/mol. The van der Waals surface area contributed by atoms with Gasteiger partial charge >= 0.3 is 0 Å². The zero-order valence-corrected chi connectivity index (χ0v) is 26.2. The van der Waals surface area contributed by atoms with E-state index in [0.29, 0.717) is 23.3 Å². The molecule has 0 aliphatic rings. The number of furan rings is 1. The van der Waals surface area contributed by atoms with Crippen molar-refractivity contribution in [3.63, 3.8) is 0 Å². The van der Waals surface area contributed by atoms with Crippen LogP contribution in [0.2, 0.25) is 0 Å². The molecule has 0 N–H and O–H groups in total. The van der Waals surface area contributed by atoms with Gasteiger partial charge in [-0.3, -0.25) is 0 Å². The van der Waals surface area contributed by atoms with Crippen molar-refractivity contribution in [3.8, 4) is 68.1 Å². The minimum absolute atomic E-state index is 0.548. The first-order valence-corrected chi connectivity index (χ1v) is 16.1. The van der Waals surface area contributed by atoms with Crippen LogP contribution in [0.4, 0.5) is 0 Å². The van der Waals surface area contributed by atoms with E-state index in [4.69, 9.17) is 29.3 Å². The van der Waals surface area contributed by atoms with Crippen molar-refractivity contribution >= 4 is 21.9 Å². The summed E-state index contributed by atoms with van der Waals surface area (Å²) in [5.74, 6) is 2.37. The Morgan fingerprint density at radius 3 is 1.35 bits per heavy atom. The Balaban J connectivity index is 1.33. The molecule has 0 bridgehead atoms. The van der Waals surface area contributed by atoms with Crippen LogP contribution in [0, 0.1) is 0 Å². The minimum atomic E-state index is 0.548. The molecule has 6 nitrogen and oxygen atoms in total. The molecule has 0 spiro atoms. The van der Waals surface area contributed by atoms with E-state index in [2.05, 4.69) is 30.3 Å². The summed E-state index contributed by atoms with van der Waals surface area (Å²) < 4.78 is 6.52. The molecule has 0 saturated heterocycles. The molecule has 9 aromatic rings. The third kappa shape index (κ3) is 5.41. The molecule has 6 aromatic carbocycles. The summed E-state index contributed by atoms with van der Waals surface area (Å²) in [6.45, 7) is 0. The second-order valence-electron chi connectivity index (χ2n) is 11.7. The molecule has 0 atom stereocenters. The molecule has 0 unspecified atom stereocenters. The summed E-state index contributed by atoms with van der Waals surface area (Å²) in [6.07, 6.45) is 0. The minimum Gasteiger partial charge on any atom is -0.456 e. The Morgan fingerprint density at radius 1 is 0.327 bits per heavy atom. The summed E-state index contributed by atoms with van der Waals surface area (Å²) in [6, 6.07) is 54.6. The summed E-state index contributed by atoms with van der Waals surface area (Å²) in [5.41, 5.74) is 8.54. The molecule has 0 amide bonds. The van der Waals surface area contributed by atoms with E-state index in [0.717, 1.165) is 66.7 Å². The molecular weight excluding hydrogens is 603 g/mol. The molecular formula is C43H27N5O. The molecule has 0 aliphatic heterocycles. The lowest BCUT2D eigenvalue weighted by Crippen LogP contribution is -2.01. The first-order valence-electron chi connectivity index (χ1n) is 16.1. The Labute approximate surface area is 282 Å². The Hall–Kier alpha value is -6.79. The molecule has 6 heteroatoms. The number of fused-ring (bicyclic) bond motifs is 3. The van der Waals surface area contributed by atoms with Gasteiger partial charge in [-0.2, -0.15) is 0 Å². The van der Waals surface area contributed by atoms with E-state index >= 15 is 0 Å². The maximum Gasteiger partial charge on any atom is 0.164 e. The summed E-state index contributed by atoms with van der Waals surface area (Å²) in [5, 5.41) is 1.92. The molecule has 0 fully saturated rings. The highest BCUT2D eigenvalue weighted by Gasteiger charge is 2.21. The molecule has 49 heavy (non-hydrogen) atoms. The lowest BCUT2D eigenvalue weighted by Gasteiger charge is -2.12. The monoisotopic (exact) mass is 629 g/mol. The largest absolute Gasteiger partial charge is 0.456 e. The van der Waals surface area contributed by atoms with Gasteiger partial charge in [-0.15, -0.1) is 0 Å². The number of hydrogen-bond acceptors (Lipinski definition) is 6. The number of benzene rings is 6. The van der Waals surface area contributed by atoms with Gasteiger partial charge in [-0.25, -0.2) is 24.9 Å². The molecule has 0 aliphatic carbocycles. The third-order valence-corrected chi connectivity index (χ3v) is 8.54. The lowest BCUT2D eigenvalue weighted by atomic mass is 9.99. The standard InChI is InChI=1S/C43H27N5O/c1-5-15-28(16-6-1)35-27-36(45-40(44-35)29-17-7-2-8-18-29)32-25-34(39-33-23-13-14-24-37(33)49-38(39)26-32)43-47-41(30-19-9-3-10-20-30)46-42(48-43)31-21-11-4-12-22-31/h1-27H. The topological polar surface area (TPSA) is 77.6 Å². The van der Waals surface area contributed by atoms with Gasteiger partial charge in [0.25, 0.3) is 0 Å². The highest BCUT2D eigenvalue weighted by Crippen LogP contribution is 2.40. The fourth-order valence-electron chi connectivity index (χ4n) is 6.18. The van der Waals surface area contributed by atoms with Gasteiger partial charge in [0.15, 0.2) is 23.3 Å². The number of rotatable bonds is 6. The highest BCUT2D eigenvalue weighted by molar-refractivity contribution is 6.13. The smallest absolute Gasteiger partial charge is 0.164 e. The van der Waals surface area contributed by atoms with Gasteiger partial charge in [0.1, 0.15) is 11.2 Å². The van der Waals surface area contributed by atoms with Crippen molar-refractivity contribution in [2.45, 2.75) is 0 Å². The van der Waals surface area contributed by atoms with E-state index in [9.17, 15) is 0 Å². The first-order chi connectivity index (χ1) is 24.3. The Bertz CT molecular complexity index is 2470. The summed E-state index contributed by atoms with van der Waals surface area (Å²) in [4.78, 5) is 25.3. The van der Waals surface area contributed by atoms with Crippen LogP contribution in [-0.4, -0.2) is 24.9 Å². The number of para-hydroxylation sites is 1. The van der Waals surface area contributed by atoms with Crippen LogP contribution >= 0.6 is 0 Å². The van der Waals surface area contributed by atoms with Crippen molar-refractivity contribution in [1.82, 2.24) is 24.9 Å². The van der Waals surface area contributed by atoms with Crippen LogP contribution in [0.5, 0.6) is 0 Å². The van der Waals surface area contributed by atoms with Crippen LogP contribution in [0.3, 0.4) is 0 Å². The fourth-order valence-corrected chi connectivity index (χ4v) is 6.18. The van der Waals surface area contributed by atoms with Gasteiger partial charge in [0.05, 0.1) is 11.4 Å². The maximum atomic E-state index is 6.52. The Kier molecular flexibility index (Phi) is 7.02. The predicted octanol–water partition coefficient (Wildman–Crippen LogP) is 10.6. The van der Waals surface area contributed by atoms with Crippen molar-refractivity contribution in [3.05, 3.63) is 164 Å². The Morgan fingerprint density at radius 2 is 0.776 bits per heavy atom. The molecule has 9 rings (SSSR count). The van der Waals surface area contributed by atoms with E-state index in [-0.39, 0.29) is 0 Å². The average Bonchev–Trinajstić information content (AvgIpc) is 3.57. The van der Waals surface area contributed by atoms with Crippen molar-refractivity contribution < 1.29 is 4.42 Å². The van der Waals surface area contributed by atoms with Crippen LogP contribution < -0.4 is 0 Å². The van der Waals surface area contributed by atoms with Gasteiger partial charge in [-0.05, 0) is 24.3 Å². The van der Waals surface area contributed by atoms with Crippen LogP contribution in [-0.2, 0) is 0 Å². The first kappa shape index (κ1) is 28.4. The highest BCUT2D eigenvalue weighted by atomic mass is 16.3. The lowest BCUT2D eigenvalue weighted by molar-refractivity contribution is 0.669. The molecule has 230 valence electrons. The summed E-state index contributed by atoms with van der Waals surface area (Å²) >= 11 is 0. The van der Waals surface area contributed by atoms with Gasteiger partial charge < -0.3 is 4.42 Å². The maximum absolute atomic E-state index is 6.52. The quantitative estimate of drug-likeness (QED) is 0.182. The van der Waals surface area contributed by atoms with Crippen LogP contribution in [0.15, 0.2) is 168 Å². The average molecular weight is 630 g/mol. The van der Waals surface area contributed by atoms with Gasteiger partial charge in [0, 0.05) is 44.2 Å². The number of hydrogen-bond donors (Lipinski definition) is 0. The van der Waals surface area contributed by atoms with E-state index in [1.807, 2.05) is 133 Å². The van der Waals surface area contributed by atoms with E-state index in [1.54, 1.807) is 0 Å². The zero-order chi connectivity index (χ0) is 32.6. The summed E-state index contributed by atoms with van der Waals surface area (Å²) in [7, 11) is 0. The zero-order valence-electron chi connectivity index (χ0n) is 26.2. The van der Waals surface area contributed by atoms with Crippen molar-refractivity contribution in [1.29, 1.82) is 0 Å². The van der Waals surface area contributed by atoms with Crippen LogP contribution in [0.1, 0.15) is 0 Å². The van der Waals surface area contributed by atoms with Crippen molar-refractivity contribution in [2.75, 3.05) is 0 Å². The normalized spacial score (nSPS) is 11.3. The third-order valence-electron chi connectivity index (χ3n) is 8.54. The second-order valence-corrected chi connectivity index (χ2v) is 11.7. The second kappa shape index (κ2) is 12.1. The molecule has 0 radical (unpaired) electrons. The SMILES string of the molecule is c1ccc(-c2cc(-c3cc(-c4nc(-c5ccccc5)nc(-c5ccccc5)n4)c4c(c3)oc3ccccc34)nc(-c3ccccc3)n2)cc1. The fraction of sp³-hybridized carbons (Fsp3) is 0. The van der Waals surface area contributed by atoms with E-state index in [1.165, 1.54) is 0 Å². The molecule has 3 aromatic heterocycles. The van der Waals surface area contributed by atoms with Crippen LogP contribution in [0.25, 0.3) is 90.0 Å². The van der Waals surface area contributed by atoms with Gasteiger partial charge in [0.2, 0.25) is 0 Å². The van der Waals surface area contributed by atoms with Gasteiger partial charge in [-0.1, -0.05) is 140 Å². The van der Waals surface area contributed by atoms with E-state index < -0.39 is 0 Å². The molecule has 3 heterocycles. The number of aromatic nitrogens is 5. The van der Waals surface area contributed by atoms with Crippen molar-refractivity contribution in [2.24, 2.45) is 0 Å². The molecule has 0 saturated carbocycles. The number of nitrogens with zero attached hydrogens (tertiary/aromatic N) is 5.